The second kappa shape index (κ2) is 7.61. The van der Waals surface area contributed by atoms with Crippen LogP contribution < -0.4 is 4.74 Å². The molecule has 4 heteroatoms. The Kier molecular flexibility index (Phi) is 5.06. The van der Waals surface area contributed by atoms with E-state index in [-0.39, 0.29) is 6.61 Å². The van der Waals surface area contributed by atoms with E-state index < -0.39 is 0 Å². The van der Waals surface area contributed by atoms with E-state index in [2.05, 4.69) is 41.4 Å². The summed E-state index contributed by atoms with van der Waals surface area (Å²) < 4.78 is 7.81. The van der Waals surface area contributed by atoms with E-state index in [0.29, 0.717) is 13.0 Å². The van der Waals surface area contributed by atoms with Crippen LogP contribution in [0.5, 0.6) is 5.75 Å². The summed E-state index contributed by atoms with van der Waals surface area (Å²) in [6.45, 7) is 1.56. The Bertz CT molecular complexity index is 721. The van der Waals surface area contributed by atoms with Gasteiger partial charge in [-0.05, 0) is 35.2 Å². The molecule has 4 nitrogen and oxygen atoms in total. The van der Waals surface area contributed by atoms with Crippen LogP contribution in [0.15, 0.2) is 67.3 Å². The number of aromatic nitrogens is 2. The van der Waals surface area contributed by atoms with Gasteiger partial charge in [0, 0.05) is 19.0 Å². The smallest absolute Gasteiger partial charge is 0.120 e. The van der Waals surface area contributed by atoms with Crippen molar-refractivity contribution < 1.29 is 9.84 Å². The molecule has 0 aliphatic carbocycles. The fourth-order valence-electron chi connectivity index (χ4n) is 2.45. The van der Waals surface area contributed by atoms with Gasteiger partial charge in [0.2, 0.25) is 0 Å². The molecule has 3 aromatic rings. The number of nitrogens with zero attached hydrogens (tertiary/aromatic N) is 2. The Balaban J connectivity index is 1.64. The van der Waals surface area contributed by atoms with Crippen molar-refractivity contribution >= 4 is 0 Å². The average Bonchev–Trinajstić information content (AvgIpc) is 3.10. The molecule has 1 aromatic heterocycles. The number of hydrogen-bond acceptors (Lipinski definition) is 3. The molecular weight excluding hydrogens is 288 g/mol. The summed E-state index contributed by atoms with van der Waals surface area (Å²) in [4.78, 5) is 4.01. The molecule has 0 saturated heterocycles. The van der Waals surface area contributed by atoms with Gasteiger partial charge >= 0.3 is 0 Å². The minimum atomic E-state index is 0.180. The van der Waals surface area contributed by atoms with Crippen molar-refractivity contribution in [1.29, 1.82) is 0 Å². The summed E-state index contributed by atoms with van der Waals surface area (Å²) in [6, 6.07) is 16.4. The van der Waals surface area contributed by atoms with Gasteiger partial charge in [-0.2, -0.15) is 0 Å². The van der Waals surface area contributed by atoms with E-state index in [4.69, 9.17) is 9.84 Å². The quantitative estimate of drug-likeness (QED) is 0.729. The molecule has 23 heavy (non-hydrogen) atoms. The lowest BCUT2D eigenvalue weighted by Gasteiger charge is -2.09. The molecule has 0 fully saturated rings. The molecule has 3 rings (SSSR count). The van der Waals surface area contributed by atoms with Crippen LogP contribution in [-0.2, 0) is 13.0 Å². The number of rotatable bonds is 7. The molecule has 0 aliphatic rings. The van der Waals surface area contributed by atoms with Crippen LogP contribution in [0.1, 0.15) is 5.56 Å². The van der Waals surface area contributed by atoms with Crippen molar-refractivity contribution in [2.75, 3.05) is 13.2 Å². The van der Waals surface area contributed by atoms with Crippen LogP contribution in [0.2, 0.25) is 0 Å². The van der Waals surface area contributed by atoms with Gasteiger partial charge < -0.3 is 14.4 Å². The normalized spacial score (nSPS) is 10.7. The maximum absolute atomic E-state index is 8.97. The van der Waals surface area contributed by atoms with Crippen LogP contribution in [0, 0.1) is 0 Å². The van der Waals surface area contributed by atoms with Crippen LogP contribution in [0.25, 0.3) is 11.1 Å². The van der Waals surface area contributed by atoms with Crippen molar-refractivity contribution in [2.45, 2.75) is 13.0 Å². The molecule has 0 atom stereocenters. The summed E-state index contributed by atoms with van der Waals surface area (Å²) in [5, 5.41) is 8.97. The number of imidazole rings is 1. The Morgan fingerprint density at radius 3 is 2.65 bits per heavy atom. The van der Waals surface area contributed by atoms with Gasteiger partial charge in [0.05, 0.1) is 12.9 Å². The van der Waals surface area contributed by atoms with Gasteiger partial charge in [-0.15, -0.1) is 0 Å². The van der Waals surface area contributed by atoms with Crippen molar-refractivity contribution in [3.05, 3.63) is 72.8 Å². The molecule has 118 valence electrons. The fraction of sp³-hybridized carbons (Fsp3) is 0.211. The summed E-state index contributed by atoms with van der Waals surface area (Å²) in [7, 11) is 0. The number of ether oxygens (including phenoxy) is 1. The highest BCUT2D eigenvalue weighted by Crippen LogP contribution is 2.24. The maximum Gasteiger partial charge on any atom is 0.120 e. The van der Waals surface area contributed by atoms with E-state index in [0.717, 1.165) is 29.0 Å². The standard InChI is InChI=1S/C19H20N2O2/c22-12-8-16-4-6-17(7-5-16)18-2-1-3-19(14-18)23-13-11-21-10-9-20-15-21/h1-7,9-10,14-15,22H,8,11-13H2. The topological polar surface area (TPSA) is 47.3 Å². The third kappa shape index (κ3) is 4.20. The van der Waals surface area contributed by atoms with E-state index in [1.165, 1.54) is 0 Å². The van der Waals surface area contributed by atoms with Crippen molar-refractivity contribution in [3.8, 4) is 16.9 Å². The van der Waals surface area contributed by atoms with Crippen LogP contribution >= 0.6 is 0 Å². The third-order valence-corrected chi connectivity index (χ3v) is 3.70. The molecule has 0 spiro atoms. The lowest BCUT2D eigenvalue weighted by molar-refractivity contribution is 0.298. The monoisotopic (exact) mass is 308 g/mol. The highest BCUT2D eigenvalue weighted by atomic mass is 16.5. The number of hydrogen-bond donors (Lipinski definition) is 1. The predicted octanol–water partition coefficient (Wildman–Crippen LogP) is 3.16. The molecule has 1 N–H and O–H groups in total. The zero-order valence-corrected chi connectivity index (χ0v) is 12.9. The van der Waals surface area contributed by atoms with Crippen LogP contribution in [-0.4, -0.2) is 27.9 Å². The first-order valence-corrected chi connectivity index (χ1v) is 7.74. The zero-order chi connectivity index (χ0) is 15.9. The van der Waals surface area contributed by atoms with Gasteiger partial charge in [0.15, 0.2) is 0 Å². The molecule has 0 amide bonds. The lowest BCUT2D eigenvalue weighted by atomic mass is 10.0. The molecule has 0 saturated carbocycles. The fourth-order valence-corrected chi connectivity index (χ4v) is 2.45. The Labute approximate surface area is 136 Å². The van der Waals surface area contributed by atoms with Crippen molar-refractivity contribution in [3.63, 3.8) is 0 Å². The second-order valence-corrected chi connectivity index (χ2v) is 5.35. The SMILES string of the molecule is OCCc1ccc(-c2cccc(OCCn3ccnc3)c2)cc1. The number of aliphatic hydroxyl groups is 1. The summed E-state index contributed by atoms with van der Waals surface area (Å²) in [5.74, 6) is 0.863. The minimum Gasteiger partial charge on any atom is -0.492 e. The lowest BCUT2D eigenvalue weighted by Crippen LogP contribution is -2.06. The second-order valence-electron chi connectivity index (χ2n) is 5.35. The van der Waals surface area contributed by atoms with Gasteiger partial charge in [-0.25, -0.2) is 4.98 Å². The van der Waals surface area contributed by atoms with Gasteiger partial charge in [0.1, 0.15) is 12.4 Å². The van der Waals surface area contributed by atoms with E-state index >= 15 is 0 Å². The van der Waals surface area contributed by atoms with Crippen LogP contribution in [0.4, 0.5) is 0 Å². The number of benzene rings is 2. The van der Waals surface area contributed by atoms with Crippen LogP contribution in [0.3, 0.4) is 0 Å². The molecule has 2 aromatic carbocycles. The molecule has 0 bridgehead atoms. The predicted molar refractivity (Wildman–Crippen MR) is 90.4 cm³/mol. The average molecular weight is 308 g/mol. The Morgan fingerprint density at radius 1 is 1.04 bits per heavy atom. The van der Waals surface area contributed by atoms with Crippen molar-refractivity contribution in [1.82, 2.24) is 9.55 Å². The summed E-state index contributed by atoms with van der Waals surface area (Å²) >= 11 is 0. The first-order chi connectivity index (χ1) is 11.3. The number of aliphatic hydroxyl groups excluding tert-OH is 1. The largest absolute Gasteiger partial charge is 0.492 e. The van der Waals surface area contributed by atoms with E-state index in [9.17, 15) is 0 Å². The molecule has 0 unspecified atom stereocenters. The van der Waals surface area contributed by atoms with Crippen molar-refractivity contribution in [2.24, 2.45) is 0 Å². The highest BCUT2D eigenvalue weighted by molar-refractivity contribution is 5.65. The van der Waals surface area contributed by atoms with E-state index in [1.54, 1.807) is 12.5 Å². The molecule has 1 heterocycles. The summed E-state index contributed by atoms with van der Waals surface area (Å²) in [5.41, 5.74) is 3.41. The van der Waals surface area contributed by atoms with Gasteiger partial charge in [0.25, 0.3) is 0 Å². The molecular formula is C19H20N2O2. The zero-order valence-electron chi connectivity index (χ0n) is 12.9. The maximum atomic E-state index is 8.97. The molecule has 0 radical (unpaired) electrons. The van der Waals surface area contributed by atoms with Gasteiger partial charge in [-0.1, -0.05) is 36.4 Å². The minimum absolute atomic E-state index is 0.180. The first-order valence-electron chi connectivity index (χ1n) is 7.74. The molecule has 0 aliphatic heterocycles. The Hall–Kier alpha value is -2.59. The van der Waals surface area contributed by atoms with E-state index in [1.807, 2.05) is 22.9 Å². The third-order valence-electron chi connectivity index (χ3n) is 3.70. The Morgan fingerprint density at radius 2 is 1.91 bits per heavy atom. The highest BCUT2D eigenvalue weighted by Gasteiger charge is 2.01. The first kappa shape index (κ1) is 15.3. The summed E-state index contributed by atoms with van der Waals surface area (Å²) in [6.07, 6.45) is 6.17. The van der Waals surface area contributed by atoms with Gasteiger partial charge in [-0.3, -0.25) is 0 Å².